The van der Waals surface area contributed by atoms with Gasteiger partial charge in [-0.05, 0) is 25.9 Å². The quantitative estimate of drug-likeness (QED) is 0.653. The Kier molecular flexibility index (Phi) is 6.96. The third-order valence-corrected chi connectivity index (χ3v) is 3.22. The van der Waals surface area contributed by atoms with Crippen molar-refractivity contribution in [2.24, 2.45) is 0 Å². The van der Waals surface area contributed by atoms with E-state index in [1.54, 1.807) is 0 Å². The molecule has 1 rings (SSSR count). The van der Waals surface area contributed by atoms with Gasteiger partial charge >= 0.3 is 0 Å². The summed E-state index contributed by atoms with van der Waals surface area (Å²) in [6, 6.07) is 0. The van der Waals surface area contributed by atoms with Crippen LogP contribution in [0.4, 0.5) is 0 Å². The van der Waals surface area contributed by atoms with E-state index in [9.17, 15) is 0 Å². The zero-order valence-electron chi connectivity index (χ0n) is 8.72. The third kappa shape index (κ3) is 4.83. The molecule has 0 aromatic heterocycles. The van der Waals surface area contributed by atoms with Crippen LogP contribution in [0.1, 0.15) is 12.8 Å². The average molecular weight is 239 g/mol. The van der Waals surface area contributed by atoms with E-state index in [1.165, 1.54) is 26.2 Å². The molecule has 4 heteroatoms. The fraction of sp³-hybridized carbons (Fsp3) is 1.00. The van der Waals surface area contributed by atoms with Crippen molar-refractivity contribution in [1.29, 1.82) is 0 Å². The van der Waals surface area contributed by atoms with E-state index in [0.717, 1.165) is 37.7 Å². The first-order valence-corrected chi connectivity index (χ1v) is 6.50. The Morgan fingerprint density at radius 2 is 1.07 bits per heavy atom. The fourth-order valence-corrected chi connectivity index (χ4v) is 2.04. The van der Waals surface area contributed by atoms with Crippen LogP contribution in [0.3, 0.4) is 0 Å². The van der Waals surface area contributed by atoms with Gasteiger partial charge in [0.25, 0.3) is 0 Å². The predicted octanol–water partition coefficient (Wildman–Crippen LogP) is 1.86. The lowest BCUT2D eigenvalue weighted by Gasteiger charge is -2.34. The maximum absolute atomic E-state index is 5.67. The number of rotatable bonds is 6. The second-order valence-corrected chi connectivity index (χ2v) is 4.52. The molecule has 0 aromatic carbocycles. The van der Waals surface area contributed by atoms with Crippen LogP contribution in [-0.2, 0) is 0 Å². The first-order chi connectivity index (χ1) is 6.86. The monoisotopic (exact) mass is 238 g/mol. The molecule has 1 saturated heterocycles. The van der Waals surface area contributed by atoms with E-state index in [1.807, 2.05) is 0 Å². The van der Waals surface area contributed by atoms with Crippen LogP contribution in [0, 0.1) is 0 Å². The second kappa shape index (κ2) is 7.75. The average Bonchev–Trinajstić information content (AvgIpc) is 2.25. The molecule has 1 fully saturated rings. The SMILES string of the molecule is ClCCCN1CCN(CCCCl)CC1. The fourth-order valence-electron chi connectivity index (χ4n) is 1.80. The predicted molar refractivity (Wildman–Crippen MR) is 63.6 cm³/mol. The summed E-state index contributed by atoms with van der Waals surface area (Å²) in [5, 5.41) is 0. The zero-order valence-corrected chi connectivity index (χ0v) is 10.2. The summed E-state index contributed by atoms with van der Waals surface area (Å²) in [7, 11) is 0. The van der Waals surface area contributed by atoms with Crippen LogP contribution in [0.5, 0.6) is 0 Å². The van der Waals surface area contributed by atoms with Gasteiger partial charge in [-0.15, -0.1) is 23.2 Å². The van der Waals surface area contributed by atoms with Crippen molar-refractivity contribution in [2.45, 2.75) is 12.8 Å². The summed E-state index contributed by atoms with van der Waals surface area (Å²) in [6.45, 7) is 7.09. The van der Waals surface area contributed by atoms with E-state index in [4.69, 9.17) is 23.2 Å². The van der Waals surface area contributed by atoms with E-state index < -0.39 is 0 Å². The van der Waals surface area contributed by atoms with Gasteiger partial charge in [0, 0.05) is 37.9 Å². The molecule has 0 unspecified atom stereocenters. The smallest absolute Gasteiger partial charge is 0.0235 e. The normalized spacial score (nSPS) is 20.1. The van der Waals surface area contributed by atoms with E-state index >= 15 is 0 Å². The Labute approximate surface area is 97.1 Å². The lowest BCUT2D eigenvalue weighted by atomic mass is 10.3. The molecule has 1 aliphatic heterocycles. The number of piperazine rings is 1. The highest BCUT2D eigenvalue weighted by atomic mass is 35.5. The molecule has 0 amide bonds. The van der Waals surface area contributed by atoms with E-state index in [-0.39, 0.29) is 0 Å². The topological polar surface area (TPSA) is 6.48 Å². The molecule has 0 aromatic rings. The summed E-state index contributed by atoms with van der Waals surface area (Å²) in [4.78, 5) is 5.00. The van der Waals surface area contributed by atoms with Crippen LogP contribution in [0.25, 0.3) is 0 Å². The van der Waals surface area contributed by atoms with Gasteiger partial charge in [0.1, 0.15) is 0 Å². The maximum atomic E-state index is 5.67. The highest BCUT2D eigenvalue weighted by Gasteiger charge is 2.15. The number of alkyl halides is 2. The van der Waals surface area contributed by atoms with Crippen molar-refractivity contribution < 1.29 is 0 Å². The van der Waals surface area contributed by atoms with Crippen LogP contribution in [0.2, 0.25) is 0 Å². The summed E-state index contributed by atoms with van der Waals surface area (Å²) < 4.78 is 0. The number of nitrogens with zero attached hydrogens (tertiary/aromatic N) is 2. The van der Waals surface area contributed by atoms with E-state index in [2.05, 4.69) is 9.80 Å². The lowest BCUT2D eigenvalue weighted by Crippen LogP contribution is -2.46. The number of hydrogen-bond donors (Lipinski definition) is 0. The Bertz CT molecular complexity index is 120. The molecule has 1 heterocycles. The molecule has 0 radical (unpaired) electrons. The van der Waals surface area contributed by atoms with Crippen molar-refractivity contribution in [2.75, 3.05) is 51.0 Å². The zero-order chi connectivity index (χ0) is 10.2. The van der Waals surface area contributed by atoms with Crippen LogP contribution >= 0.6 is 23.2 Å². The second-order valence-electron chi connectivity index (χ2n) is 3.77. The van der Waals surface area contributed by atoms with Gasteiger partial charge in [-0.25, -0.2) is 0 Å². The van der Waals surface area contributed by atoms with Gasteiger partial charge in [0.2, 0.25) is 0 Å². The minimum absolute atomic E-state index is 0.784. The molecular formula is C10H20Cl2N2. The molecule has 2 nitrogen and oxygen atoms in total. The molecule has 0 saturated carbocycles. The largest absolute Gasteiger partial charge is 0.301 e. The van der Waals surface area contributed by atoms with Gasteiger partial charge in [-0.2, -0.15) is 0 Å². The first-order valence-electron chi connectivity index (χ1n) is 5.43. The highest BCUT2D eigenvalue weighted by Crippen LogP contribution is 2.03. The van der Waals surface area contributed by atoms with Crippen molar-refractivity contribution in [1.82, 2.24) is 9.80 Å². The molecule has 0 spiro atoms. The standard InChI is InChI=1S/C10H20Cl2N2/c11-3-1-5-13-7-9-14(10-8-13)6-2-4-12/h1-10H2. The Balaban J connectivity index is 2.05. The van der Waals surface area contributed by atoms with E-state index in [0.29, 0.717) is 0 Å². The van der Waals surface area contributed by atoms with Crippen LogP contribution < -0.4 is 0 Å². The van der Waals surface area contributed by atoms with Crippen molar-refractivity contribution in [3.05, 3.63) is 0 Å². The summed E-state index contributed by atoms with van der Waals surface area (Å²) in [6.07, 6.45) is 2.23. The van der Waals surface area contributed by atoms with Gasteiger partial charge in [-0.3, -0.25) is 0 Å². The number of hydrogen-bond acceptors (Lipinski definition) is 2. The summed E-state index contributed by atoms with van der Waals surface area (Å²) >= 11 is 11.3. The van der Waals surface area contributed by atoms with Crippen molar-refractivity contribution in [3.63, 3.8) is 0 Å². The Hall–Kier alpha value is 0.500. The van der Waals surface area contributed by atoms with Crippen LogP contribution in [-0.4, -0.2) is 60.8 Å². The third-order valence-electron chi connectivity index (χ3n) is 2.68. The molecule has 84 valence electrons. The Morgan fingerprint density at radius 3 is 1.36 bits per heavy atom. The highest BCUT2D eigenvalue weighted by molar-refractivity contribution is 6.18. The summed E-state index contributed by atoms with van der Waals surface area (Å²) in [5.41, 5.74) is 0. The molecule has 0 bridgehead atoms. The molecule has 0 aliphatic carbocycles. The minimum atomic E-state index is 0.784. The van der Waals surface area contributed by atoms with Crippen molar-refractivity contribution >= 4 is 23.2 Å². The lowest BCUT2D eigenvalue weighted by molar-refractivity contribution is 0.133. The molecule has 0 N–H and O–H groups in total. The van der Waals surface area contributed by atoms with Gasteiger partial charge in [0.15, 0.2) is 0 Å². The summed E-state index contributed by atoms with van der Waals surface area (Å²) in [5.74, 6) is 1.57. The molecule has 0 atom stereocenters. The first kappa shape index (κ1) is 12.6. The molecular weight excluding hydrogens is 219 g/mol. The van der Waals surface area contributed by atoms with Crippen molar-refractivity contribution in [3.8, 4) is 0 Å². The Morgan fingerprint density at radius 1 is 0.714 bits per heavy atom. The van der Waals surface area contributed by atoms with Gasteiger partial charge in [0.05, 0.1) is 0 Å². The molecule has 14 heavy (non-hydrogen) atoms. The van der Waals surface area contributed by atoms with Crippen LogP contribution in [0.15, 0.2) is 0 Å². The van der Waals surface area contributed by atoms with Gasteiger partial charge in [-0.1, -0.05) is 0 Å². The minimum Gasteiger partial charge on any atom is -0.301 e. The van der Waals surface area contributed by atoms with Gasteiger partial charge < -0.3 is 9.80 Å². The number of halogens is 2. The molecule has 1 aliphatic rings. The maximum Gasteiger partial charge on any atom is 0.0235 e.